The molecule has 0 atom stereocenters. The summed E-state index contributed by atoms with van der Waals surface area (Å²) >= 11 is 6.08. The van der Waals surface area contributed by atoms with Gasteiger partial charge in [0.25, 0.3) is 5.91 Å². The largest absolute Gasteiger partial charge is 0.497 e. The van der Waals surface area contributed by atoms with Crippen molar-refractivity contribution in [1.82, 2.24) is 9.73 Å². The first-order valence-electron chi connectivity index (χ1n) is 10.2. The van der Waals surface area contributed by atoms with Crippen molar-refractivity contribution < 1.29 is 22.7 Å². The highest BCUT2D eigenvalue weighted by Gasteiger charge is 2.30. The molecule has 0 saturated heterocycles. The summed E-state index contributed by atoms with van der Waals surface area (Å²) in [5.74, 6) is -0.145. The quantitative estimate of drug-likeness (QED) is 0.337. The topological polar surface area (TPSA) is 97.3 Å². The number of halogens is 1. The van der Waals surface area contributed by atoms with Crippen molar-refractivity contribution in [3.8, 4) is 11.5 Å². The van der Waals surface area contributed by atoms with Crippen molar-refractivity contribution in [3.63, 3.8) is 0 Å². The number of carbonyl (C=O) groups is 1. The number of amides is 1. The van der Waals surface area contributed by atoms with Gasteiger partial charge in [0.05, 0.1) is 27.0 Å². The minimum atomic E-state index is -4.16. The summed E-state index contributed by atoms with van der Waals surface area (Å²) in [6.45, 7) is -0.511. The maximum atomic E-state index is 13.6. The summed E-state index contributed by atoms with van der Waals surface area (Å²) in [6, 6.07) is 20.4. The predicted octanol–water partition coefficient (Wildman–Crippen LogP) is 3.70. The van der Waals surface area contributed by atoms with E-state index in [-0.39, 0.29) is 17.2 Å². The molecule has 0 aliphatic carbocycles. The van der Waals surface area contributed by atoms with Crippen LogP contribution in [0.2, 0.25) is 5.02 Å². The monoisotopic (exact) mass is 501 g/mol. The van der Waals surface area contributed by atoms with Crippen LogP contribution in [0.15, 0.2) is 82.8 Å². The Balaban J connectivity index is 1.88. The molecule has 0 fully saturated rings. The third kappa shape index (κ3) is 6.34. The Morgan fingerprint density at radius 2 is 1.74 bits per heavy atom. The van der Waals surface area contributed by atoms with Crippen LogP contribution in [0.25, 0.3) is 0 Å². The van der Waals surface area contributed by atoms with Gasteiger partial charge in [0.15, 0.2) is 0 Å². The van der Waals surface area contributed by atoms with Crippen LogP contribution in [0.1, 0.15) is 11.1 Å². The first-order valence-corrected chi connectivity index (χ1v) is 12.0. The van der Waals surface area contributed by atoms with Crippen molar-refractivity contribution in [1.29, 1.82) is 0 Å². The van der Waals surface area contributed by atoms with Gasteiger partial charge in [0, 0.05) is 23.2 Å². The Bertz CT molecular complexity index is 1270. The standard InChI is InChI=1S/C24H24ClN3O5S/c1-32-20-12-13-22(33-2)23(14-20)34(30,31)28(16-18-8-4-3-5-9-18)17-24(29)27-26-15-19-10-6-7-11-21(19)25/h3-15H,16-17H2,1-2H3,(H,27,29)/b26-15+. The van der Waals surface area contributed by atoms with Crippen LogP contribution in [0.4, 0.5) is 0 Å². The first-order chi connectivity index (χ1) is 16.3. The molecule has 1 N–H and O–H groups in total. The summed E-state index contributed by atoms with van der Waals surface area (Å²) < 4.78 is 38.7. The summed E-state index contributed by atoms with van der Waals surface area (Å²) in [4.78, 5) is 12.5. The number of sulfonamides is 1. The van der Waals surface area contributed by atoms with Crippen LogP contribution in [-0.2, 0) is 21.4 Å². The summed E-state index contributed by atoms with van der Waals surface area (Å²) in [7, 11) is -1.35. The Kier molecular flexibility index (Phi) is 8.64. The molecular weight excluding hydrogens is 478 g/mol. The number of carbonyl (C=O) groups excluding carboxylic acids is 1. The van der Waals surface area contributed by atoms with E-state index in [0.717, 1.165) is 4.31 Å². The number of hydrogen-bond acceptors (Lipinski definition) is 6. The number of nitrogens with zero attached hydrogens (tertiary/aromatic N) is 2. The summed E-state index contributed by atoms with van der Waals surface area (Å²) in [5, 5.41) is 4.37. The highest BCUT2D eigenvalue weighted by Crippen LogP contribution is 2.31. The minimum absolute atomic E-state index is 0.0365. The molecule has 0 heterocycles. The second kappa shape index (κ2) is 11.6. The molecule has 178 valence electrons. The Morgan fingerprint density at radius 3 is 2.41 bits per heavy atom. The normalized spacial score (nSPS) is 11.5. The molecule has 10 heteroatoms. The molecule has 0 aromatic heterocycles. The maximum Gasteiger partial charge on any atom is 0.255 e. The number of nitrogens with one attached hydrogen (secondary N) is 1. The van der Waals surface area contributed by atoms with Crippen LogP contribution in [0.5, 0.6) is 11.5 Å². The molecule has 0 radical (unpaired) electrons. The van der Waals surface area contributed by atoms with Gasteiger partial charge in [-0.3, -0.25) is 4.79 Å². The second-order valence-corrected chi connectivity index (χ2v) is 9.40. The van der Waals surface area contributed by atoms with E-state index in [9.17, 15) is 13.2 Å². The number of hydrazone groups is 1. The lowest BCUT2D eigenvalue weighted by atomic mass is 10.2. The third-order valence-electron chi connectivity index (χ3n) is 4.81. The van der Waals surface area contributed by atoms with Crippen molar-refractivity contribution >= 4 is 33.7 Å². The third-order valence-corrected chi connectivity index (χ3v) is 6.97. The van der Waals surface area contributed by atoms with Crippen molar-refractivity contribution in [2.75, 3.05) is 20.8 Å². The summed E-state index contributed by atoms with van der Waals surface area (Å²) in [5.41, 5.74) is 3.68. The maximum absolute atomic E-state index is 13.6. The molecule has 0 aliphatic rings. The van der Waals surface area contributed by atoms with E-state index in [1.54, 1.807) is 54.6 Å². The van der Waals surface area contributed by atoms with Crippen molar-refractivity contribution in [2.24, 2.45) is 5.10 Å². The lowest BCUT2D eigenvalue weighted by Crippen LogP contribution is -2.39. The first kappa shape index (κ1) is 25.2. The molecule has 0 bridgehead atoms. The van der Waals surface area contributed by atoms with Gasteiger partial charge in [-0.05, 0) is 23.8 Å². The van der Waals surface area contributed by atoms with Crippen LogP contribution < -0.4 is 14.9 Å². The zero-order chi connectivity index (χ0) is 24.6. The van der Waals surface area contributed by atoms with Gasteiger partial charge in [0.1, 0.15) is 16.4 Å². The number of methoxy groups -OCH3 is 2. The Labute approximate surface area is 203 Å². The van der Waals surface area contributed by atoms with Crippen molar-refractivity contribution in [2.45, 2.75) is 11.4 Å². The van der Waals surface area contributed by atoms with E-state index >= 15 is 0 Å². The molecule has 0 aliphatic heterocycles. The molecule has 3 rings (SSSR count). The van der Waals surface area contributed by atoms with Gasteiger partial charge < -0.3 is 9.47 Å². The number of hydrogen-bond donors (Lipinski definition) is 1. The zero-order valence-corrected chi connectivity index (χ0v) is 20.2. The lowest BCUT2D eigenvalue weighted by molar-refractivity contribution is -0.121. The van der Waals surface area contributed by atoms with Crippen LogP contribution in [-0.4, -0.2) is 45.6 Å². The zero-order valence-electron chi connectivity index (χ0n) is 18.6. The van der Waals surface area contributed by atoms with Crippen molar-refractivity contribution in [3.05, 3.63) is 88.9 Å². The van der Waals surface area contributed by atoms with E-state index in [0.29, 0.717) is 21.9 Å². The molecule has 1 amide bonds. The van der Waals surface area contributed by atoms with Crippen LogP contribution >= 0.6 is 11.6 Å². The average molecular weight is 502 g/mol. The van der Waals surface area contributed by atoms with E-state index in [1.807, 2.05) is 6.07 Å². The fourth-order valence-electron chi connectivity index (χ4n) is 3.09. The van der Waals surface area contributed by atoms with Gasteiger partial charge in [-0.1, -0.05) is 60.1 Å². The van der Waals surface area contributed by atoms with E-state index in [2.05, 4.69) is 10.5 Å². The van der Waals surface area contributed by atoms with E-state index < -0.39 is 22.5 Å². The minimum Gasteiger partial charge on any atom is -0.497 e. The number of benzene rings is 3. The number of ether oxygens (including phenoxy) is 2. The molecule has 3 aromatic rings. The highest BCUT2D eigenvalue weighted by molar-refractivity contribution is 7.89. The fraction of sp³-hybridized carbons (Fsp3) is 0.167. The molecule has 0 unspecified atom stereocenters. The number of rotatable bonds is 10. The van der Waals surface area contributed by atoms with E-state index in [4.69, 9.17) is 21.1 Å². The summed E-state index contributed by atoms with van der Waals surface area (Å²) in [6.07, 6.45) is 1.39. The van der Waals surface area contributed by atoms with Gasteiger partial charge in [-0.15, -0.1) is 0 Å². The molecule has 34 heavy (non-hydrogen) atoms. The molecule has 8 nitrogen and oxygen atoms in total. The average Bonchev–Trinajstić information content (AvgIpc) is 2.85. The van der Waals surface area contributed by atoms with Gasteiger partial charge in [0.2, 0.25) is 10.0 Å². The molecule has 0 spiro atoms. The molecule has 0 saturated carbocycles. The SMILES string of the molecule is COc1ccc(OC)c(S(=O)(=O)N(CC(=O)N/N=C/c2ccccc2Cl)Cc2ccccc2)c1. The fourth-order valence-corrected chi connectivity index (χ4v) is 4.83. The predicted molar refractivity (Wildman–Crippen MR) is 131 cm³/mol. The molecular formula is C24H24ClN3O5S. The van der Waals surface area contributed by atoms with Gasteiger partial charge in [-0.25, -0.2) is 13.8 Å². The smallest absolute Gasteiger partial charge is 0.255 e. The lowest BCUT2D eigenvalue weighted by Gasteiger charge is -2.23. The Morgan fingerprint density at radius 1 is 1.03 bits per heavy atom. The highest BCUT2D eigenvalue weighted by atomic mass is 35.5. The van der Waals surface area contributed by atoms with E-state index in [1.165, 1.54) is 32.6 Å². The molecule has 3 aromatic carbocycles. The van der Waals surface area contributed by atoms with Gasteiger partial charge in [-0.2, -0.15) is 9.41 Å². The van der Waals surface area contributed by atoms with Crippen LogP contribution in [0.3, 0.4) is 0 Å². The second-order valence-electron chi connectivity index (χ2n) is 7.09. The van der Waals surface area contributed by atoms with Gasteiger partial charge >= 0.3 is 0 Å². The van der Waals surface area contributed by atoms with Crippen LogP contribution in [0, 0.1) is 0 Å². The Hall–Kier alpha value is -3.40.